The van der Waals surface area contributed by atoms with Crippen LogP contribution in [0.15, 0.2) is 12.1 Å². The van der Waals surface area contributed by atoms with Gasteiger partial charge in [0.1, 0.15) is 0 Å². The molecule has 7 unspecified atom stereocenters. The summed E-state index contributed by atoms with van der Waals surface area (Å²) in [5.74, 6) is 1.93. The van der Waals surface area contributed by atoms with Gasteiger partial charge in [-0.3, -0.25) is 4.79 Å². The van der Waals surface area contributed by atoms with Gasteiger partial charge in [-0.1, -0.05) is 31.7 Å². The predicted molar refractivity (Wildman–Crippen MR) is 111 cm³/mol. The van der Waals surface area contributed by atoms with Crippen molar-refractivity contribution in [1.29, 1.82) is 0 Å². The number of nitrogens with zero attached hydrogens (tertiary/aromatic N) is 1. The largest absolute Gasteiger partial charge is 0.504 e. The second-order valence-electron chi connectivity index (χ2n) is 11.1. The number of benzene rings is 1. The maximum atomic E-state index is 14.0. The van der Waals surface area contributed by atoms with E-state index in [9.17, 15) is 15.0 Å². The van der Waals surface area contributed by atoms with Gasteiger partial charge in [0.15, 0.2) is 23.4 Å². The van der Waals surface area contributed by atoms with Crippen LogP contribution in [0.4, 0.5) is 0 Å². The van der Waals surface area contributed by atoms with Gasteiger partial charge in [0, 0.05) is 23.4 Å². The number of fused-ring (bicyclic) bond motifs is 2. The first-order valence-corrected chi connectivity index (χ1v) is 11.9. The van der Waals surface area contributed by atoms with Crippen LogP contribution in [0.2, 0.25) is 0 Å². The Hall–Kier alpha value is -1.59. The first-order chi connectivity index (χ1) is 14.5. The van der Waals surface area contributed by atoms with E-state index in [0.717, 1.165) is 36.9 Å². The molecule has 1 aromatic rings. The van der Waals surface area contributed by atoms with Crippen molar-refractivity contribution in [2.24, 2.45) is 23.7 Å². The molecule has 5 nitrogen and oxygen atoms in total. The van der Waals surface area contributed by atoms with Crippen molar-refractivity contribution >= 4 is 5.78 Å². The maximum absolute atomic E-state index is 14.0. The molecule has 1 spiro atoms. The van der Waals surface area contributed by atoms with Crippen LogP contribution in [-0.4, -0.2) is 52.2 Å². The molecular formula is C25H31NO4. The number of aromatic hydroxyl groups is 1. The van der Waals surface area contributed by atoms with E-state index in [-0.39, 0.29) is 29.4 Å². The normalized spacial score (nSPS) is 48.4. The van der Waals surface area contributed by atoms with Crippen molar-refractivity contribution in [2.45, 2.75) is 74.5 Å². The Bertz CT molecular complexity index is 961. The van der Waals surface area contributed by atoms with Crippen LogP contribution in [0.3, 0.4) is 0 Å². The zero-order valence-electron chi connectivity index (χ0n) is 17.6. The summed E-state index contributed by atoms with van der Waals surface area (Å²) in [5, 5.41) is 23.4. The average molecular weight is 410 g/mol. The number of hydrogen-bond acceptors (Lipinski definition) is 5. The molecule has 2 aliphatic heterocycles. The number of ketones is 1. The molecule has 30 heavy (non-hydrogen) atoms. The first-order valence-electron chi connectivity index (χ1n) is 11.9. The highest BCUT2D eigenvalue weighted by atomic mass is 16.5. The molecule has 1 aromatic carbocycles. The molecule has 7 rings (SSSR count). The quantitative estimate of drug-likeness (QED) is 0.690. The molecule has 0 radical (unpaired) electrons. The molecule has 6 aliphatic rings. The molecule has 4 fully saturated rings. The molecule has 0 aromatic heterocycles. The molecule has 5 heteroatoms. The highest BCUT2D eigenvalue weighted by Crippen LogP contribution is 2.69. The molecule has 4 aliphatic carbocycles. The number of piperidine rings is 1. The Labute approximate surface area is 177 Å². The van der Waals surface area contributed by atoms with E-state index in [1.54, 1.807) is 6.07 Å². The monoisotopic (exact) mass is 409 g/mol. The summed E-state index contributed by atoms with van der Waals surface area (Å²) in [5.41, 5.74) is 0.421. The molecule has 1 saturated heterocycles. The first kappa shape index (κ1) is 18.0. The number of phenols is 1. The minimum atomic E-state index is -0.975. The summed E-state index contributed by atoms with van der Waals surface area (Å²) in [6, 6.07) is 3.69. The van der Waals surface area contributed by atoms with Gasteiger partial charge in [0.2, 0.25) is 0 Å². The van der Waals surface area contributed by atoms with E-state index in [4.69, 9.17) is 4.74 Å². The zero-order valence-corrected chi connectivity index (χ0v) is 17.6. The van der Waals surface area contributed by atoms with E-state index in [0.29, 0.717) is 24.0 Å². The number of rotatable bonds is 0. The van der Waals surface area contributed by atoms with Crippen LogP contribution in [-0.2, 0) is 16.6 Å². The number of likely N-dealkylation sites (tertiary alicyclic amines) is 1. The zero-order chi connectivity index (χ0) is 20.4. The number of ether oxygens (including phenoxy) is 1. The van der Waals surface area contributed by atoms with Gasteiger partial charge in [-0.05, 0) is 62.7 Å². The Morgan fingerprint density at radius 2 is 1.93 bits per heavy atom. The Balaban J connectivity index is 1.47. The van der Waals surface area contributed by atoms with E-state index >= 15 is 0 Å². The number of likely N-dealkylation sites (N-methyl/N-ethyl adjacent to an activating group) is 1. The summed E-state index contributed by atoms with van der Waals surface area (Å²) in [6.45, 7) is 0.845. The summed E-state index contributed by atoms with van der Waals surface area (Å²) < 4.78 is 6.33. The standard InChI is InChI=1S/C25H31NO4/c1-26-9-8-24-20-15-6-7-18(27)22(20)30-23(24)21(28)16-10-13-4-2-3-5-14(13)11-17(16)25(24,29)19(26)12-15/h6-7,13-14,16-17,19,23,27,29H,2-5,8-12H2,1H3/t13?,14?,16?,17?,19?,23?,24-,25?/m0/s1. The number of carbonyl (C=O) groups excluding carboxylic acids is 1. The lowest BCUT2D eigenvalue weighted by atomic mass is 9.41. The fourth-order valence-electron chi connectivity index (χ4n) is 9.03. The van der Waals surface area contributed by atoms with Gasteiger partial charge in [0.05, 0.1) is 11.0 Å². The smallest absolute Gasteiger partial charge is 0.177 e. The Morgan fingerprint density at radius 1 is 1.17 bits per heavy atom. The van der Waals surface area contributed by atoms with E-state index in [1.807, 2.05) is 6.07 Å². The summed E-state index contributed by atoms with van der Waals surface area (Å²) in [6.07, 6.45) is 7.74. The maximum Gasteiger partial charge on any atom is 0.177 e. The molecular weight excluding hydrogens is 378 g/mol. The number of Topliss-reactive ketones (excluding diaryl/α,β-unsaturated/α-hetero) is 1. The summed E-state index contributed by atoms with van der Waals surface area (Å²) in [4.78, 5) is 16.3. The van der Waals surface area contributed by atoms with Crippen LogP contribution >= 0.6 is 0 Å². The number of carbonyl (C=O) groups is 1. The summed E-state index contributed by atoms with van der Waals surface area (Å²) in [7, 11) is 2.13. The lowest BCUT2D eigenvalue weighted by Crippen LogP contribution is -2.81. The van der Waals surface area contributed by atoms with Gasteiger partial charge in [0.25, 0.3) is 0 Å². The molecule has 2 N–H and O–H groups in total. The highest BCUT2D eigenvalue weighted by molar-refractivity contribution is 5.92. The van der Waals surface area contributed by atoms with E-state index in [1.165, 1.54) is 25.7 Å². The van der Waals surface area contributed by atoms with Crippen molar-refractivity contribution in [3.63, 3.8) is 0 Å². The van der Waals surface area contributed by atoms with Gasteiger partial charge >= 0.3 is 0 Å². The topological polar surface area (TPSA) is 70.0 Å². The van der Waals surface area contributed by atoms with Crippen molar-refractivity contribution in [3.8, 4) is 11.5 Å². The number of hydrogen-bond donors (Lipinski definition) is 2. The fourth-order valence-corrected chi connectivity index (χ4v) is 9.03. The molecule has 3 saturated carbocycles. The minimum Gasteiger partial charge on any atom is -0.504 e. The SMILES string of the molecule is CN1CC[C@]23c4c5ccc(O)c4OC2C(=O)C2CC4CCCCC4CC2C3(O)C1C5. The van der Waals surface area contributed by atoms with E-state index in [2.05, 4.69) is 11.9 Å². The van der Waals surface area contributed by atoms with Crippen molar-refractivity contribution in [1.82, 2.24) is 4.90 Å². The average Bonchev–Trinajstić information content (AvgIpc) is 3.11. The molecule has 2 heterocycles. The van der Waals surface area contributed by atoms with Crippen molar-refractivity contribution < 1.29 is 19.7 Å². The van der Waals surface area contributed by atoms with Gasteiger partial charge in [-0.15, -0.1) is 0 Å². The third-order valence-electron chi connectivity index (χ3n) is 10.2. The number of phenolic OH excluding ortho intramolecular Hbond substituents is 1. The molecule has 2 bridgehead atoms. The molecule has 160 valence electrons. The Kier molecular flexibility index (Phi) is 3.37. The van der Waals surface area contributed by atoms with Crippen LogP contribution in [0.25, 0.3) is 0 Å². The van der Waals surface area contributed by atoms with Crippen molar-refractivity contribution in [2.75, 3.05) is 13.6 Å². The second kappa shape index (κ2) is 5.60. The highest BCUT2D eigenvalue weighted by Gasteiger charge is 2.77. The van der Waals surface area contributed by atoms with Crippen LogP contribution in [0, 0.1) is 23.7 Å². The van der Waals surface area contributed by atoms with E-state index < -0.39 is 17.1 Å². The Morgan fingerprint density at radius 3 is 2.73 bits per heavy atom. The minimum absolute atomic E-state index is 0.00100. The van der Waals surface area contributed by atoms with Gasteiger partial charge < -0.3 is 19.8 Å². The second-order valence-corrected chi connectivity index (χ2v) is 11.1. The fraction of sp³-hybridized carbons (Fsp3) is 0.720. The summed E-state index contributed by atoms with van der Waals surface area (Å²) >= 11 is 0. The third kappa shape index (κ3) is 1.80. The lowest BCUT2D eigenvalue weighted by molar-refractivity contribution is -0.232. The predicted octanol–water partition coefficient (Wildman–Crippen LogP) is 2.80. The van der Waals surface area contributed by atoms with Crippen molar-refractivity contribution in [3.05, 3.63) is 23.3 Å². The number of aliphatic hydroxyl groups is 1. The molecule has 0 amide bonds. The van der Waals surface area contributed by atoms with Crippen LogP contribution < -0.4 is 4.74 Å². The van der Waals surface area contributed by atoms with Crippen LogP contribution in [0.5, 0.6) is 11.5 Å². The van der Waals surface area contributed by atoms with Crippen LogP contribution in [0.1, 0.15) is 56.1 Å². The lowest BCUT2D eigenvalue weighted by Gasteiger charge is -2.67. The molecule has 8 atom stereocenters. The van der Waals surface area contributed by atoms with Gasteiger partial charge in [-0.2, -0.15) is 0 Å². The third-order valence-corrected chi connectivity index (χ3v) is 10.2. The van der Waals surface area contributed by atoms with Gasteiger partial charge in [-0.25, -0.2) is 0 Å².